The highest BCUT2D eigenvalue weighted by Gasteiger charge is 2.06. The maximum atomic E-state index is 11.5. The number of hydrogen-bond donors (Lipinski definition) is 2. The van der Waals surface area contributed by atoms with E-state index in [2.05, 4.69) is 5.32 Å². The number of carbonyl (C=O) groups is 1. The number of amides is 1. The molecule has 0 heterocycles. The summed E-state index contributed by atoms with van der Waals surface area (Å²) in [5.74, 6) is -0.229. The van der Waals surface area contributed by atoms with E-state index < -0.39 is 6.10 Å². The third kappa shape index (κ3) is 6.96. The zero-order valence-electron chi connectivity index (χ0n) is 11.1. The molecule has 19 heavy (non-hydrogen) atoms. The Bertz CT molecular complexity index is 430. The van der Waals surface area contributed by atoms with Gasteiger partial charge in [-0.15, -0.1) is 0 Å². The first-order chi connectivity index (χ1) is 8.97. The van der Waals surface area contributed by atoms with Gasteiger partial charge in [0.15, 0.2) is 0 Å². The Kier molecular flexibility index (Phi) is 6.56. The van der Waals surface area contributed by atoms with Crippen LogP contribution >= 0.6 is 11.6 Å². The number of benzene rings is 1. The van der Waals surface area contributed by atoms with Gasteiger partial charge in [-0.2, -0.15) is 0 Å². The highest BCUT2D eigenvalue weighted by Crippen LogP contribution is 2.10. The topological polar surface area (TPSA) is 52.6 Å². The summed E-state index contributed by atoms with van der Waals surface area (Å²) in [4.78, 5) is 13.4. The molecule has 0 aliphatic carbocycles. The van der Waals surface area contributed by atoms with Crippen LogP contribution in [0.15, 0.2) is 30.3 Å². The molecule has 1 amide bonds. The minimum Gasteiger partial charge on any atom is -0.390 e. The molecule has 1 rings (SSSR count). The average molecular weight is 283 g/mol. The average Bonchev–Trinajstić information content (AvgIpc) is 2.35. The number of aliphatic hydroxyl groups is 1. The van der Waals surface area contributed by atoms with Crippen LogP contribution in [-0.4, -0.2) is 49.2 Å². The van der Waals surface area contributed by atoms with E-state index in [1.807, 2.05) is 31.1 Å². The molecular formula is C14H19ClN2O2. The third-order valence-corrected chi connectivity index (χ3v) is 2.64. The summed E-state index contributed by atoms with van der Waals surface area (Å²) < 4.78 is 0. The van der Waals surface area contributed by atoms with Crippen molar-refractivity contribution in [3.63, 3.8) is 0 Å². The number of likely N-dealkylation sites (N-methyl/N-ethyl adjacent to an activating group) is 1. The van der Waals surface area contributed by atoms with E-state index in [-0.39, 0.29) is 12.5 Å². The van der Waals surface area contributed by atoms with Crippen molar-refractivity contribution in [3.8, 4) is 0 Å². The molecule has 4 nitrogen and oxygen atoms in total. The lowest BCUT2D eigenvalue weighted by Gasteiger charge is -2.15. The van der Waals surface area contributed by atoms with Crippen LogP contribution < -0.4 is 5.32 Å². The van der Waals surface area contributed by atoms with Crippen molar-refractivity contribution in [1.29, 1.82) is 0 Å². The Morgan fingerprint density at radius 3 is 2.63 bits per heavy atom. The molecule has 104 valence electrons. The van der Waals surface area contributed by atoms with Crippen LogP contribution in [0.1, 0.15) is 5.56 Å². The minimum atomic E-state index is -0.567. The fourth-order valence-electron chi connectivity index (χ4n) is 1.51. The van der Waals surface area contributed by atoms with Crippen molar-refractivity contribution in [2.24, 2.45) is 0 Å². The van der Waals surface area contributed by atoms with Gasteiger partial charge in [0.05, 0.1) is 6.10 Å². The zero-order chi connectivity index (χ0) is 14.3. The largest absolute Gasteiger partial charge is 0.390 e. The second kappa shape index (κ2) is 7.94. The molecule has 1 aromatic carbocycles. The molecule has 0 spiro atoms. The molecule has 1 aromatic rings. The predicted molar refractivity (Wildman–Crippen MR) is 78.1 cm³/mol. The summed E-state index contributed by atoms with van der Waals surface area (Å²) >= 11 is 5.77. The van der Waals surface area contributed by atoms with Crippen LogP contribution in [0.3, 0.4) is 0 Å². The third-order valence-electron chi connectivity index (χ3n) is 2.38. The number of hydrogen-bond acceptors (Lipinski definition) is 3. The summed E-state index contributed by atoms with van der Waals surface area (Å²) in [7, 11) is 3.73. The van der Waals surface area contributed by atoms with E-state index in [0.29, 0.717) is 11.6 Å². The Balaban J connectivity index is 2.36. The number of nitrogens with one attached hydrogen (secondary N) is 1. The molecule has 0 bridgehead atoms. The zero-order valence-corrected chi connectivity index (χ0v) is 11.9. The van der Waals surface area contributed by atoms with Crippen molar-refractivity contribution < 1.29 is 9.90 Å². The molecule has 2 N–H and O–H groups in total. The maximum absolute atomic E-state index is 11.5. The molecule has 1 unspecified atom stereocenters. The fraction of sp³-hybridized carbons (Fsp3) is 0.357. The van der Waals surface area contributed by atoms with Crippen LogP contribution in [-0.2, 0) is 4.79 Å². The number of carbonyl (C=O) groups excluding carboxylic acids is 1. The molecule has 0 radical (unpaired) electrons. The summed E-state index contributed by atoms with van der Waals surface area (Å²) in [5, 5.41) is 12.9. The van der Waals surface area contributed by atoms with Gasteiger partial charge < -0.3 is 15.3 Å². The maximum Gasteiger partial charge on any atom is 0.244 e. The van der Waals surface area contributed by atoms with Gasteiger partial charge >= 0.3 is 0 Å². The van der Waals surface area contributed by atoms with E-state index in [9.17, 15) is 9.90 Å². The quantitative estimate of drug-likeness (QED) is 0.776. The lowest BCUT2D eigenvalue weighted by molar-refractivity contribution is -0.116. The number of aliphatic hydroxyl groups excluding tert-OH is 1. The molecule has 1 atom stereocenters. The summed E-state index contributed by atoms with van der Waals surface area (Å²) in [5.41, 5.74) is 0.897. The van der Waals surface area contributed by atoms with Gasteiger partial charge in [0.25, 0.3) is 0 Å². The number of nitrogens with zero attached hydrogens (tertiary/aromatic N) is 1. The van der Waals surface area contributed by atoms with Crippen molar-refractivity contribution in [1.82, 2.24) is 10.2 Å². The number of rotatable bonds is 6. The smallest absolute Gasteiger partial charge is 0.244 e. The first kappa shape index (κ1) is 15.7. The summed E-state index contributed by atoms with van der Waals surface area (Å²) in [6.07, 6.45) is 2.57. The molecule has 0 fully saturated rings. The van der Waals surface area contributed by atoms with Crippen LogP contribution in [0.5, 0.6) is 0 Å². The van der Waals surface area contributed by atoms with E-state index in [1.54, 1.807) is 18.2 Å². The Morgan fingerprint density at radius 1 is 1.42 bits per heavy atom. The lowest BCUT2D eigenvalue weighted by atomic mass is 10.2. The van der Waals surface area contributed by atoms with Crippen LogP contribution in [0.2, 0.25) is 5.02 Å². The van der Waals surface area contributed by atoms with Crippen LogP contribution in [0, 0.1) is 0 Å². The van der Waals surface area contributed by atoms with Crippen molar-refractivity contribution in [3.05, 3.63) is 40.9 Å². The molecule has 0 saturated carbocycles. The van der Waals surface area contributed by atoms with Crippen LogP contribution in [0.4, 0.5) is 0 Å². The van der Waals surface area contributed by atoms with E-state index in [4.69, 9.17) is 11.6 Å². The normalized spacial score (nSPS) is 12.9. The second-order valence-electron chi connectivity index (χ2n) is 4.55. The highest BCUT2D eigenvalue weighted by atomic mass is 35.5. The molecule has 0 aromatic heterocycles. The van der Waals surface area contributed by atoms with Crippen molar-refractivity contribution in [2.45, 2.75) is 6.10 Å². The predicted octanol–water partition coefficient (Wildman–Crippen LogP) is 1.39. The van der Waals surface area contributed by atoms with Gasteiger partial charge in [0.1, 0.15) is 0 Å². The van der Waals surface area contributed by atoms with E-state index in [1.165, 1.54) is 6.08 Å². The highest BCUT2D eigenvalue weighted by molar-refractivity contribution is 6.30. The van der Waals surface area contributed by atoms with Gasteiger partial charge in [0.2, 0.25) is 5.91 Å². The second-order valence-corrected chi connectivity index (χ2v) is 4.98. The van der Waals surface area contributed by atoms with Gasteiger partial charge in [-0.25, -0.2) is 0 Å². The Hall–Kier alpha value is -1.36. The first-order valence-electron chi connectivity index (χ1n) is 6.01. The molecule has 0 saturated heterocycles. The Labute approximate surface area is 118 Å². The van der Waals surface area contributed by atoms with Crippen molar-refractivity contribution in [2.75, 3.05) is 27.2 Å². The van der Waals surface area contributed by atoms with Crippen molar-refractivity contribution >= 4 is 23.6 Å². The Morgan fingerprint density at radius 2 is 2.05 bits per heavy atom. The number of halogens is 1. The molecular weight excluding hydrogens is 264 g/mol. The summed E-state index contributed by atoms with van der Waals surface area (Å²) in [6.45, 7) is 0.753. The first-order valence-corrected chi connectivity index (χ1v) is 6.39. The van der Waals surface area contributed by atoms with Gasteiger partial charge in [-0.3, -0.25) is 4.79 Å². The van der Waals surface area contributed by atoms with Gasteiger partial charge in [-0.1, -0.05) is 23.7 Å². The standard InChI is InChI=1S/C14H19ClN2O2/c1-17(2)10-13(18)9-16-14(19)8-5-11-3-6-12(15)7-4-11/h3-8,13,18H,9-10H2,1-2H3,(H,16,19)/b8-5+. The summed E-state index contributed by atoms with van der Waals surface area (Å²) in [6, 6.07) is 7.18. The van der Waals surface area contributed by atoms with E-state index in [0.717, 1.165) is 5.56 Å². The minimum absolute atomic E-state index is 0.229. The molecule has 0 aliphatic rings. The SMILES string of the molecule is CN(C)CC(O)CNC(=O)/C=C/c1ccc(Cl)cc1. The van der Waals surface area contributed by atoms with Gasteiger partial charge in [0, 0.05) is 24.2 Å². The lowest BCUT2D eigenvalue weighted by Crippen LogP contribution is -2.37. The monoisotopic (exact) mass is 282 g/mol. The fourth-order valence-corrected chi connectivity index (χ4v) is 1.64. The van der Waals surface area contributed by atoms with Crippen LogP contribution in [0.25, 0.3) is 6.08 Å². The molecule has 0 aliphatic heterocycles. The van der Waals surface area contributed by atoms with Gasteiger partial charge in [-0.05, 0) is 37.9 Å². The molecule has 5 heteroatoms. The van der Waals surface area contributed by atoms with E-state index >= 15 is 0 Å².